The molecule has 0 unspecified atom stereocenters. The molecule has 1 atom stereocenters. The first-order chi connectivity index (χ1) is 13.7. The Morgan fingerprint density at radius 2 is 2.03 bits per heavy atom. The maximum Gasteiger partial charge on any atom is 0.161 e. The van der Waals surface area contributed by atoms with E-state index >= 15 is 0 Å². The topological polar surface area (TPSA) is 96.3 Å². The molecule has 29 heavy (non-hydrogen) atoms. The number of carbonyl (C=O) groups is 1. The number of aldehydes is 1. The second-order valence-corrected chi connectivity index (χ2v) is 8.99. The fourth-order valence-corrected chi connectivity index (χ4v) is 4.18. The number of phenols is 1. The molecule has 0 radical (unpaired) electrons. The Labute approximate surface area is 171 Å². The summed E-state index contributed by atoms with van der Waals surface area (Å²) in [5.41, 5.74) is 2.31. The molecule has 0 heterocycles. The van der Waals surface area contributed by atoms with Crippen LogP contribution in [0.15, 0.2) is 41.4 Å². The Hall–Kier alpha value is -2.71. The van der Waals surface area contributed by atoms with Gasteiger partial charge in [-0.15, -0.1) is 0 Å². The Kier molecular flexibility index (Phi) is 7.53. The van der Waals surface area contributed by atoms with E-state index in [0.29, 0.717) is 35.7 Å². The summed E-state index contributed by atoms with van der Waals surface area (Å²) in [6, 6.07) is 9.57. The molecule has 0 aliphatic heterocycles. The Morgan fingerprint density at radius 3 is 2.62 bits per heavy atom. The minimum Gasteiger partial charge on any atom is -0.504 e. The predicted molar refractivity (Wildman–Crippen MR) is 114 cm³/mol. The van der Waals surface area contributed by atoms with E-state index in [2.05, 4.69) is 11.7 Å². The van der Waals surface area contributed by atoms with Gasteiger partial charge in [-0.2, -0.15) is 0 Å². The van der Waals surface area contributed by atoms with Crippen molar-refractivity contribution in [2.24, 2.45) is 4.99 Å². The van der Waals surface area contributed by atoms with E-state index in [-0.39, 0.29) is 11.5 Å². The van der Waals surface area contributed by atoms with Gasteiger partial charge in [0.05, 0.1) is 18.0 Å². The largest absolute Gasteiger partial charge is 0.504 e. The molecule has 1 N–H and O–H groups in total. The fourth-order valence-electron chi connectivity index (χ4n) is 3.16. The van der Waals surface area contributed by atoms with Gasteiger partial charge in [0.2, 0.25) is 0 Å². The van der Waals surface area contributed by atoms with Gasteiger partial charge in [-0.05, 0) is 50.0 Å². The highest BCUT2D eigenvalue weighted by Gasteiger charge is 2.24. The number of nitrogens with zero attached hydrogens (tertiary/aromatic N) is 2. The average molecular weight is 419 g/mol. The molecule has 8 heteroatoms. The fraction of sp³-hybridized carbons (Fsp3) is 0.333. The Bertz CT molecular complexity index is 989. The van der Waals surface area contributed by atoms with Crippen LogP contribution in [0.1, 0.15) is 34.5 Å². The highest BCUT2D eigenvalue weighted by atomic mass is 32.2. The van der Waals surface area contributed by atoms with Crippen molar-refractivity contribution in [3.8, 4) is 11.5 Å². The molecule has 0 saturated carbocycles. The summed E-state index contributed by atoms with van der Waals surface area (Å²) in [7, 11) is -1.53. The van der Waals surface area contributed by atoms with E-state index in [1.54, 1.807) is 44.3 Å². The maximum atomic E-state index is 12.1. The molecule has 7 nitrogen and oxygen atoms in total. The quantitative estimate of drug-likeness (QED) is 0.470. The molecule has 156 valence electrons. The van der Waals surface area contributed by atoms with Crippen LogP contribution in [0.5, 0.6) is 11.5 Å². The highest BCUT2D eigenvalue weighted by Crippen LogP contribution is 2.33. The lowest BCUT2D eigenvalue weighted by atomic mass is 10.0. The second-order valence-electron chi connectivity index (χ2n) is 6.81. The standard InChI is InChI=1S/C21H26N2O5S/c1-5-28-21-11-15(9-10-20(21)25)19(14-29(4,26)27)23(3)12-16-7-6-8-18(22-2)17(16)13-24/h6-11,13,19,25H,2,5,12,14H2,1,3-4H3/t19-/m1/s1. The van der Waals surface area contributed by atoms with Crippen molar-refractivity contribution in [3.63, 3.8) is 0 Å². The van der Waals surface area contributed by atoms with Crippen LogP contribution in [0, 0.1) is 0 Å². The molecule has 0 aromatic heterocycles. The van der Waals surface area contributed by atoms with E-state index in [4.69, 9.17) is 4.74 Å². The van der Waals surface area contributed by atoms with E-state index in [9.17, 15) is 18.3 Å². The van der Waals surface area contributed by atoms with Gasteiger partial charge in [-0.1, -0.05) is 18.2 Å². The molecule has 0 saturated heterocycles. The molecular formula is C21H26N2O5S. The van der Waals surface area contributed by atoms with Crippen molar-refractivity contribution in [2.45, 2.75) is 19.5 Å². The van der Waals surface area contributed by atoms with Gasteiger partial charge in [0.1, 0.15) is 9.84 Å². The van der Waals surface area contributed by atoms with Crippen molar-refractivity contribution in [1.82, 2.24) is 4.90 Å². The van der Waals surface area contributed by atoms with Crippen LogP contribution in [0.25, 0.3) is 0 Å². The van der Waals surface area contributed by atoms with E-state index in [1.165, 1.54) is 12.3 Å². The average Bonchev–Trinajstić information content (AvgIpc) is 2.67. The van der Waals surface area contributed by atoms with Gasteiger partial charge in [0.15, 0.2) is 17.8 Å². The maximum absolute atomic E-state index is 12.1. The number of carbonyl (C=O) groups excluding carboxylic acids is 1. The number of aromatic hydroxyl groups is 1. The lowest BCUT2D eigenvalue weighted by Gasteiger charge is -2.29. The zero-order valence-electron chi connectivity index (χ0n) is 16.8. The van der Waals surface area contributed by atoms with Crippen molar-refractivity contribution in [2.75, 3.05) is 25.7 Å². The summed E-state index contributed by atoms with van der Waals surface area (Å²) < 4.78 is 29.6. The van der Waals surface area contributed by atoms with Crippen LogP contribution in [-0.2, 0) is 16.4 Å². The number of ether oxygens (including phenoxy) is 1. The minimum absolute atomic E-state index is 0.00985. The summed E-state index contributed by atoms with van der Waals surface area (Å²) in [6.45, 7) is 5.98. The number of aliphatic imine (C=N–C) groups is 1. The molecule has 0 aliphatic carbocycles. The van der Waals surface area contributed by atoms with Gasteiger partial charge in [-0.25, -0.2) is 8.42 Å². The molecule has 0 fully saturated rings. The molecule has 2 rings (SSSR count). The summed E-state index contributed by atoms with van der Waals surface area (Å²) in [5.74, 6) is 0.156. The van der Waals surface area contributed by atoms with E-state index in [1.807, 2.05) is 4.90 Å². The lowest BCUT2D eigenvalue weighted by molar-refractivity contribution is 0.112. The first-order valence-corrected chi connectivity index (χ1v) is 11.1. The van der Waals surface area contributed by atoms with Gasteiger partial charge in [0.25, 0.3) is 0 Å². The predicted octanol–water partition coefficient (Wildman–Crippen LogP) is 3.15. The van der Waals surface area contributed by atoms with Gasteiger partial charge in [0, 0.05) is 24.4 Å². The van der Waals surface area contributed by atoms with E-state index in [0.717, 1.165) is 11.8 Å². The highest BCUT2D eigenvalue weighted by molar-refractivity contribution is 7.90. The number of hydrogen-bond acceptors (Lipinski definition) is 7. The Balaban J connectivity index is 2.44. The SMILES string of the molecule is C=Nc1cccc(CN(C)[C@H](CS(C)(=O)=O)c2ccc(O)c(OCC)c2)c1C=O. The molecule has 0 spiro atoms. The lowest BCUT2D eigenvalue weighted by Crippen LogP contribution is -2.30. The van der Waals surface area contributed by atoms with Gasteiger partial charge >= 0.3 is 0 Å². The minimum atomic E-state index is -3.32. The van der Waals surface area contributed by atoms with Crippen molar-refractivity contribution in [1.29, 1.82) is 0 Å². The second kappa shape index (κ2) is 9.67. The molecule has 0 bridgehead atoms. The molecule has 2 aromatic rings. The smallest absolute Gasteiger partial charge is 0.161 e. The van der Waals surface area contributed by atoms with Crippen molar-refractivity contribution < 1.29 is 23.1 Å². The molecular weight excluding hydrogens is 392 g/mol. The zero-order valence-corrected chi connectivity index (χ0v) is 17.6. The van der Waals surface area contributed by atoms with Gasteiger partial charge in [-0.3, -0.25) is 14.7 Å². The van der Waals surface area contributed by atoms with Crippen LogP contribution >= 0.6 is 0 Å². The Morgan fingerprint density at radius 1 is 1.31 bits per heavy atom. The summed E-state index contributed by atoms with van der Waals surface area (Å²) in [6.07, 6.45) is 1.91. The van der Waals surface area contributed by atoms with E-state index < -0.39 is 15.9 Å². The number of phenolic OH excluding ortho intramolecular Hbond substituents is 1. The third-order valence-electron chi connectivity index (χ3n) is 4.54. The molecule has 2 aromatic carbocycles. The summed E-state index contributed by atoms with van der Waals surface area (Å²) in [4.78, 5) is 17.3. The van der Waals surface area contributed by atoms with Crippen LogP contribution < -0.4 is 4.74 Å². The van der Waals surface area contributed by atoms with Crippen molar-refractivity contribution >= 4 is 28.5 Å². The summed E-state index contributed by atoms with van der Waals surface area (Å²) in [5, 5.41) is 9.97. The van der Waals surface area contributed by atoms with Gasteiger partial charge < -0.3 is 9.84 Å². The van der Waals surface area contributed by atoms with Crippen molar-refractivity contribution in [3.05, 3.63) is 53.1 Å². The number of hydrogen-bond donors (Lipinski definition) is 1. The molecule has 0 aliphatic rings. The monoisotopic (exact) mass is 418 g/mol. The van der Waals surface area contributed by atoms with Crippen LogP contribution in [0.4, 0.5) is 5.69 Å². The number of sulfone groups is 1. The summed E-state index contributed by atoms with van der Waals surface area (Å²) >= 11 is 0. The number of rotatable bonds is 10. The van der Waals surface area contributed by atoms with Crippen LogP contribution in [-0.4, -0.2) is 57.1 Å². The first kappa shape index (κ1) is 22.6. The van der Waals surface area contributed by atoms with Crippen LogP contribution in [0.3, 0.4) is 0 Å². The number of benzene rings is 2. The normalized spacial score (nSPS) is 12.6. The molecule has 0 amide bonds. The first-order valence-electron chi connectivity index (χ1n) is 9.07. The van der Waals surface area contributed by atoms with Crippen LogP contribution in [0.2, 0.25) is 0 Å². The third kappa shape index (κ3) is 5.88. The third-order valence-corrected chi connectivity index (χ3v) is 5.46. The zero-order chi connectivity index (χ0) is 21.6.